The monoisotopic (exact) mass is 244 g/mol. The normalized spacial score (nSPS) is 12.5. The lowest BCUT2D eigenvalue weighted by Gasteiger charge is -2.12. The number of hydrogen-bond acceptors (Lipinski definition) is 2. The highest BCUT2D eigenvalue weighted by Crippen LogP contribution is 2.29. The van der Waals surface area contributed by atoms with Gasteiger partial charge in [0.25, 0.3) is 0 Å². The van der Waals surface area contributed by atoms with E-state index < -0.39 is 5.97 Å². The molecule has 0 bridgehead atoms. The van der Waals surface area contributed by atoms with Gasteiger partial charge >= 0.3 is 5.97 Å². The summed E-state index contributed by atoms with van der Waals surface area (Å²) >= 11 is 0. The lowest BCUT2D eigenvalue weighted by atomic mass is 9.93. The van der Waals surface area contributed by atoms with Crippen LogP contribution in [0.25, 0.3) is 10.8 Å². The molecule has 1 atom stereocenters. The predicted octanol–water partition coefficient (Wildman–Crippen LogP) is 3.20. The van der Waals surface area contributed by atoms with E-state index in [1.165, 1.54) is 0 Å². The zero-order valence-electron chi connectivity index (χ0n) is 10.3. The Morgan fingerprint density at radius 3 is 2.44 bits per heavy atom. The van der Waals surface area contributed by atoms with Gasteiger partial charge in [-0.1, -0.05) is 37.3 Å². The van der Waals surface area contributed by atoms with Crippen LogP contribution in [0.4, 0.5) is 0 Å². The highest BCUT2D eigenvalue weighted by Gasteiger charge is 2.17. The number of aromatic hydroxyl groups is 1. The molecule has 0 aliphatic rings. The number of fused-ring (bicyclic) bond motifs is 1. The van der Waals surface area contributed by atoms with Gasteiger partial charge in [-0.05, 0) is 29.9 Å². The van der Waals surface area contributed by atoms with Crippen molar-refractivity contribution >= 4 is 16.7 Å². The molecule has 0 aromatic heterocycles. The Balaban J connectivity index is 2.45. The lowest BCUT2D eigenvalue weighted by molar-refractivity contribution is -0.141. The average molecular weight is 244 g/mol. The lowest BCUT2D eigenvalue weighted by Crippen LogP contribution is -2.15. The minimum absolute atomic E-state index is 0.234. The largest absolute Gasteiger partial charge is 0.507 e. The van der Waals surface area contributed by atoms with Crippen molar-refractivity contribution in [3.05, 3.63) is 42.0 Å². The Bertz CT molecular complexity index is 575. The van der Waals surface area contributed by atoms with Crippen molar-refractivity contribution in [2.75, 3.05) is 0 Å². The second kappa shape index (κ2) is 5.08. The molecule has 2 aromatic carbocycles. The molecule has 3 heteroatoms. The summed E-state index contributed by atoms with van der Waals surface area (Å²) in [6.07, 6.45) is 1.09. The SMILES string of the molecule is CCC(Cc1ccc(O)c2ccccc12)C(=O)O. The number of carboxylic acids is 1. The number of rotatable bonds is 4. The summed E-state index contributed by atoms with van der Waals surface area (Å²) in [5, 5.41) is 20.6. The smallest absolute Gasteiger partial charge is 0.306 e. The van der Waals surface area contributed by atoms with Crippen molar-refractivity contribution in [2.45, 2.75) is 19.8 Å². The van der Waals surface area contributed by atoms with Gasteiger partial charge in [0.1, 0.15) is 5.75 Å². The molecule has 0 amide bonds. The van der Waals surface area contributed by atoms with Gasteiger partial charge < -0.3 is 10.2 Å². The highest BCUT2D eigenvalue weighted by molar-refractivity contribution is 5.91. The summed E-state index contributed by atoms with van der Waals surface area (Å²) in [7, 11) is 0. The van der Waals surface area contributed by atoms with Crippen LogP contribution in [0.5, 0.6) is 5.75 Å². The molecule has 0 saturated heterocycles. The predicted molar refractivity (Wildman–Crippen MR) is 70.7 cm³/mol. The third kappa shape index (κ3) is 2.30. The van der Waals surface area contributed by atoms with E-state index in [1.807, 2.05) is 37.3 Å². The molecule has 1 unspecified atom stereocenters. The fraction of sp³-hybridized carbons (Fsp3) is 0.267. The number of benzene rings is 2. The highest BCUT2D eigenvalue weighted by atomic mass is 16.4. The molecule has 94 valence electrons. The molecule has 2 N–H and O–H groups in total. The Labute approximate surface area is 106 Å². The van der Waals surface area contributed by atoms with Crippen molar-refractivity contribution < 1.29 is 15.0 Å². The van der Waals surface area contributed by atoms with E-state index >= 15 is 0 Å². The van der Waals surface area contributed by atoms with Crippen LogP contribution in [-0.4, -0.2) is 16.2 Å². The maximum atomic E-state index is 11.1. The Morgan fingerprint density at radius 2 is 1.83 bits per heavy atom. The molecular weight excluding hydrogens is 228 g/mol. The van der Waals surface area contributed by atoms with Gasteiger partial charge in [-0.2, -0.15) is 0 Å². The summed E-state index contributed by atoms with van der Waals surface area (Å²) in [6, 6.07) is 11.0. The maximum Gasteiger partial charge on any atom is 0.306 e. The Kier molecular flexibility index (Phi) is 3.51. The van der Waals surface area contributed by atoms with E-state index in [1.54, 1.807) is 6.07 Å². The van der Waals surface area contributed by atoms with Crippen molar-refractivity contribution in [1.82, 2.24) is 0 Å². The molecule has 0 heterocycles. The van der Waals surface area contributed by atoms with Crippen LogP contribution in [0.15, 0.2) is 36.4 Å². The zero-order chi connectivity index (χ0) is 13.1. The van der Waals surface area contributed by atoms with E-state index in [4.69, 9.17) is 5.11 Å². The van der Waals surface area contributed by atoms with Crippen LogP contribution in [0.3, 0.4) is 0 Å². The molecular formula is C15H16O3. The Morgan fingerprint density at radius 1 is 1.17 bits per heavy atom. The summed E-state index contributed by atoms with van der Waals surface area (Å²) in [6.45, 7) is 1.88. The first-order valence-corrected chi connectivity index (χ1v) is 6.06. The van der Waals surface area contributed by atoms with E-state index in [9.17, 15) is 9.90 Å². The molecule has 0 radical (unpaired) electrons. The van der Waals surface area contributed by atoms with Gasteiger partial charge in [-0.25, -0.2) is 0 Å². The number of carboxylic acid groups (broad SMARTS) is 1. The minimum atomic E-state index is -0.769. The van der Waals surface area contributed by atoms with Gasteiger partial charge in [-0.15, -0.1) is 0 Å². The van der Waals surface area contributed by atoms with Crippen molar-refractivity contribution in [3.8, 4) is 5.75 Å². The molecule has 18 heavy (non-hydrogen) atoms. The second-order valence-corrected chi connectivity index (χ2v) is 4.44. The zero-order valence-corrected chi connectivity index (χ0v) is 10.3. The van der Waals surface area contributed by atoms with Gasteiger partial charge in [0.15, 0.2) is 0 Å². The number of carbonyl (C=O) groups is 1. The second-order valence-electron chi connectivity index (χ2n) is 4.44. The molecule has 3 nitrogen and oxygen atoms in total. The number of aliphatic carboxylic acids is 1. The first-order valence-electron chi connectivity index (χ1n) is 6.06. The van der Waals surface area contributed by atoms with Crippen LogP contribution < -0.4 is 0 Å². The summed E-state index contributed by atoms with van der Waals surface area (Å²) in [5.41, 5.74) is 0.970. The summed E-state index contributed by atoms with van der Waals surface area (Å²) in [5.74, 6) is -0.912. The van der Waals surface area contributed by atoms with E-state index in [0.717, 1.165) is 16.3 Å². The fourth-order valence-electron chi connectivity index (χ4n) is 2.20. The first kappa shape index (κ1) is 12.4. The maximum absolute atomic E-state index is 11.1. The number of phenols is 1. The van der Waals surface area contributed by atoms with Crippen molar-refractivity contribution in [2.24, 2.45) is 5.92 Å². The topological polar surface area (TPSA) is 57.5 Å². The molecule has 0 aliphatic carbocycles. The van der Waals surface area contributed by atoms with Crippen molar-refractivity contribution in [3.63, 3.8) is 0 Å². The molecule has 0 saturated carbocycles. The summed E-state index contributed by atoms with van der Waals surface area (Å²) < 4.78 is 0. The van der Waals surface area contributed by atoms with Crippen LogP contribution in [0.2, 0.25) is 0 Å². The van der Waals surface area contributed by atoms with Crippen LogP contribution in [0, 0.1) is 5.92 Å². The van der Waals surface area contributed by atoms with Gasteiger partial charge in [-0.3, -0.25) is 4.79 Å². The van der Waals surface area contributed by atoms with Gasteiger partial charge in [0, 0.05) is 5.39 Å². The fourth-order valence-corrected chi connectivity index (χ4v) is 2.20. The number of phenolic OH excluding ortho intramolecular Hbond substituents is 1. The molecule has 0 spiro atoms. The third-order valence-corrected chi connectivity index (χ3v) is 3.30. The van der Waals surface area contributed by atoms with Gasteiger partial charge in [0.2, 0.25) is 0 Å². The van der Waals surface area contributed by atoms with Gasteiger partial charge in [0.05, 0.1) is 5.92 Å². The molecule has 0 aliphatic heterocycles. The Hall–Kier alpha value is -2.03. The third-order valence-electron chi connectivity index (χ3n) is 3.30. The van der Waals surface area contributed by atoms with E-state index in [0.29, 0.717) is 12.8 Å². The number of hydrogen-bond donors (Lipinski definition) is 2. The van der Waals surface area contributed by atoms with E-state index in [2.05, 4.69) is 0 Å². The van der Waals surface area contributed by atoms with Crippen LogP contribution in [0.1, 0.15) is 18.9 Å². The van der Waals surface area contributed by atoms with Crippen LogP contribution >= 0.6 is 0 Å². The van der Waals surface area contributed by atoms with Crippen molar-refractivity contribution in [1.29, 1.82) is 0 Å². The minimum Gasteiger partial charge on any atom is -0.507 e. The van der Waals surface area contributed by atoms with E-state index in [-0.39, 0.29) is 11.7 Å². The molecule has 2 rings (SSSR count). The quantitative estimate of drug-likeness (QED) is 0.868. The first-order chi connectivity index (χ1) is 8.63. The van der Waals surface area contributed by atoms with Crippen LogP contribution in [-0.2, 0) is 11.2 Å². The summed E-state index contributed by atoms with van der Waals surface area (Å²) in [4.78, 5) is 11.1. The standard InChI is InChI=1S/C15H16O3/c1-2-10(15(17)18)9-11-7-8-14(16)13-6-4-3-5-12(11)13/h3-8,10,16H,2,9H2,1H3,(H,17,18). The molecule has 0 fully saturated rings. The molecule has 2 aromatic rings. The average Bonchev–Trinajstić information content (AvgIpc) is 2.38.